The Bertz CT molecular complexity index is 845. The van der Waals surface area contributed by atoms with Crippen LogP contribution in [0, 0.1) is 11.8 Å². The molecule has 0 amide bonds. The number of rotatable bonds is 13. The molecule has 2 aliphatic carbocycles. The van der Waals surface area contributed by atoms with Gasteiger partial charge in [0, 0.05) is 6.54 Å². The Morgan fingerprint density at radius 2 is 1.94 bits per heavy atom. The largest absolute Gasteiger partial charge is 0.350 e. The van der Waals surface area contributed by atoms with Crippen LogP contribution in [0.2, 0.25) is 0 Å². The molecule has 2 heterocycles. The highest BCUT2D eigenvalue weighted by Gasteiger charge is 2.41. The van der Waals surface area contributed by atoms with Crippen molar-refractivity contribution in [3.8, 4) is 0 Å². The molecule has 0 radical (unpaired) electrons. The van der Waals surface area contributed by atoms with Crippen molar-refractivity contribution in [3.63, 3.8) is 0 Å². The number of allylic oxidation sites excluding steroid dienone is 4. The first-order valence-corrected chi connectivity index (χ1v) is 14.0. The minimum absolute atomic E-state index is 0.147. The standard InChI is InChI=1S/C31H46N4/c1-5-11-29(34-20-18-25(19-21-34)12-8-9-15-27(7-3)32-4)31-33-28-17-16-24(6-2)22-30(28)35(31)23-26-13-10-14-26/h6-9,16-17,22,25-30H,2-5,10-15,18-21,23H2,1H3/b9-8-. The number of hydrogen-bond donors (Lipinski definition) is 0. The fourth-order valence-electron chi connectivity index (χ4n) is 6.05. The molecular weight excluding hydrogens is 428 g/mol. The molecule has 2 fully saturated rings. The minimum Gasteiger partial charge on any atom is -0.350 e. The van der Waals surface area contributed by atoms with Gasteiger partial charge in [-0.1, -0.05) is 68.9 Å². The molecule has 2 aliphatic heterocycles. The molecule has 4 aliphatic rings. The van der Waals surface area contributed by atoms with E-state index in [0.717, 1.165) is 18.3 Å². The van der Waals surface area contributed by atoms with Gasteiger partial charge in [0.05, 0.1) is 24.2 Å². The van der Waals surface area contributed by atoms with Gasteiger partial charge in [0.2, 0.25) is 0 Å². The lowest BCUT2D eigenvalue weighted by Crippen LogP contribution is -2.53. The van der Waals surface area contributed by atoms with Crippen LogP contribution in [0.3, 0.4) is 0 Å². The van der Waals surface area contributed by atoms with Gasteiger partial charge in [0.15, 0.2) is 0 Å². The molecule has 0 aromatic heterocycles. The Hall–Kier alpha value is -2.20. The van der Waals surface area contributed by atoms with Crippen LogP contribution in [0.25, 0.3) is 0 Å². The summed E-state index contributed by atoms with van der Waals surface area (Å²) in [5, 5.41) is 0. The molecule has 1 saturated heterocycles. The van der Waals surface area contributed by atoms with Gasteiger partial charge in [-0.2, -0.15) is 0 Å². The van der Waals surface area contributed by atoms with E-state index < -0.39 is 0 Å². The lowest BCUT2D eigenvalue weighted by molar-refractivity contribution is 0.145. The summed E-state index contributed by atoms with van der Waals surface area (Å²) < 4.78 is 0. The van der Waals surface area contributed by atoms with Gasteiger partial charge in [-0.3, -0.25) is 14.9 Å². The second-order valence-corrected chi connectivity index (χ2v) is 10.9. The maximum Gasteiger partial charge on any atom is 0.118 e. The molecule has 4 unspecified atom stereocenters. The Morgan fingerprint density at radius 3 is 2.57 bits per heavy atom. The fourth-order valence-corrected chi connectivity index (χ4v) is 6.05. The Labute approximate surface area is 214 Å². The normalized spacial score (nSPS) is 27.2. The number of fused-ring (bicyclic) bond motifs is 1. The van der Waals surface area contributed by atoms with Crippen molar-refractivity contribution in [1.29, 1.82) is 0 Å². The molecule has 0 N–H and O–H groups in total. The smallest absolute Gasteiger partial charge is 0.118 e. The first-order valence-electron chi connectivity index (χ1n) is 14.0. The van der Waals surface area contributed by atoms with Gasteiger partial charge in [-0.25, -0.2) is 0 Å². The van der Waals surface area contributed by atoms with E-state index in [1.165, 1.54) is 82.4 Å². The number of likely N-dealkylation sites (tertiary alicyclic amines) is 1. The van der Waals surface area contributed by atoms with Crippen LogP contribution in [-0.4, -0.2) is 66.2 Å². The van der Waals surface area contributed by atoms with Gasteiger partial charge >= 0.3 is 0 Å². The van der Waals surface area contributed by atoms with Gasteiger partial charge in [-0.15, -0.1) is 6.58 Å². The summed E-state index contributed by atoms with van der Waals surface area (Å²) in [5.74, 6) is 2.98. The fraction of sp³-hybridized carbons (Fsp3) is 0.613. The van der Waals surface area contributed by atoms with Crippen LogP contribution >= 0.6 is 0 Å². The summed E-state index contributed by atoms with van der Waals surface area (Å²) in [6.45, 7) is 17.4. The predicted octanol–water partition coefficient (Wildman–Crippen LogP) is 6.39. The average molecular weight is 475 g/mol. The first kappa shape index (κ1) is 25.9. The zero-order valence-electron chi connectivity index (χ0n) is 21.9. The van der Waals surface area contributed by atoms with Crippen molar-refractivity contribution in [3.05, 3.63) is 61.3 Å². The van der Waals surface area contributed by atoms with E-state index in [1.54, 1.807) is 0 Å². The Balaban J connectivity index is 1.40. The predicted molar refractivity (Wildman–Crippen MR) is 151 cm³/mol. The molecule has 190 valence electrons. The van der Waals surface area contributed by atoms with Crippen LogP contribution in [0.4, 0.5) is 0 Å². The van der Waals surface area contributed by atoms with E-state index in [-0.39, 0.29) is 12.1 Å². The summed E-state index contributed by atoms with van der Waals surface area (Å²) in [6, 6.07) is 1.23. The molecule has 0 aromatic rings. The van der Waals surface area contributed by atoms with Crippen molar-refractivity contribution in [2.45, 2.75) is 88.9 Å². The summed E-state index contributed by atoms with van der Waals surface area (Å²) in [4.78, 5) is 14.9. The summed E-state index contributed by atoms with van der Waals surface area (Å²) in [5.41, 5.74) is 1.24. The zero-order valence-corrected chi connectivity index (χ0v) is 21.9. The lowest BCUT2D eigenvalue weighted by Gasteiger charge is -2.42. The number of aliphatic imine (C=N–C) groups is 2. The second kappa shape index (κ2) is 12.7. The summed E-state index contributed by atoms with van der Waals surface area (Å²) >= 11 is 0. The molecule has 4 heteroatoms. The zero-order chi connectivity index (χ0) is 24.6. The lowest BCUT2D eigenvalue weighted by atomic mass is 9.84. The Kier molecular flexibility index (Phi) is 9.37. The van der Waals surface area contributed by atoms with Crippen LogP contribution < -0.4 is 0 Å². The van der Waals surface area contributed by atoms with E-state index >= 15 is 0 Å². The van der Waals surface area contributed by atoms with Crippen molar-refractivity contribution >= 4 is 12.6 Å². The first-order chi connectivity index (χ1) is 17.2. The SMILES string of the molecule is C=CC1=CC2C(C=C1)N=C(C(CCC)N1CCC(C/C=C\CC(C=C)N=C)CC1)N2CC1CCC1. The van der Waals surface area contributed by atoms with E-state index in [1.807, 2.05) is 12.2 Å². The maximum absolute atomic E-state index is 5.38. The molecule has 0 spiro atoms. The van der Waals surface area contributed by atoms with E-state index in [0.29, 0.717) is 12.1 Å². The third kappa shape index (κ3) is 6.33. The van der Waals surface area contributed by atoms with Crippen molar-refractivity contribution in [2.75, 3.05) is 19.6 Å². The molecule has 0 aromatic carbocycles. The maximum atomic E-state index is 5.38. The second-order valence-electron chi connectivity index (χ2n) is 10.9. The minimum atomic E-state index is 0.147. The van der Waals surface area contributed by atoms with Crippen LogP contribution in [0.5, 0.6) is 0 Å². The molecule has 4 nitrogen and oxygen atoms in total. The van der Waals surface area contributed by atoms with E-state index in [9.17, 15) is 0 Å². The highest BCUT2D eigenvalue weighted by Crippen LogP contribution is 2.35. The molecular formula is C31H46N4. The topological polar surface area (TPSA) is 31.2 Å². The van der Waals surface area contributed by atoms with E-state index in [4.69, 9.17) is 4.99 Å². The van der Waals surface area contributed by atoms with Crippen LogP contribution in [0.15, 0.2) is 71.2 Å². The number of hydrogen-bond acceptors (Lipinski definition) is 4. The third-order valence-corrected chi connectivity index (χ3v) is 8.52. The average Bonchev–Trinajstić information content (AvgIpc) is 3.22. The highest BCUT2D eigenvalue weighted by molar-refractivity contribution is 5.90. The van der Waals surface area contributed by atoms with Crippen LogP contribution in [0.1, 0.15) is 64.7 Å². The van der Waals surface area contributed by atoms with E-state index in [2.05, 4.69) is 72.0 Å². The van der Waals surface area contributed by atoms with Crippen molar-refractivity contribution in [1.82, 2.24) is 9.80 Å². The molecule has 4 atom stereocenters. The third-order valence-electron chi connectivity index (χ3n) is 8.52. The molecule has 35 heavy (non-hydrogen) atoms. The highest BCUT2D eigenvalue weighted by atomic mass is 15.3. The monoisotopic (exact) mass is 474 g/mol. The van der Waals surface area contributed by atoms with Crippen molar-refractivity contribution < 1.29 is 0 Å². The van der Waals surface area contributed by atoms with Crippen molar-refractivity contribution in [2.24, 2.45) is 21.8 Å². The van der Waals surface area contributed by atoms with Crippen LogP contribution in [-0.2, 0) is 0 Å². The Morgan fingerprint density at radius 1 is 1.14 bits per heavy atom. The van der Waals surface area contributed by atoms with Gasteiger partial charge in [-0.05, 0) is 82.2 Å². The summed E-state index contributed by atoms with van der Waals surface area (Å²) in [7, 11) is 0. The molecule has 0 bridgehead atoms. The molecule has 1 saturated carbocycles. The number of piperidine rings is 1. The number of amidine groups is 1. The van der Waals surface area contributed by atoms with Gasteiger partial charge in [0.25, 0.3) is 0 Å². The summed E-state index contributed by atoms with van der Waals surface area (Å²) in [6.07, 6.45) is 26.6. The number of nitrogens with zero attached hydrogens (tertiary/aromatic N) is 4. The van der Waals surface area contributed by atoms with Gasteiger partial charge in [0.1, 0.15) is 5.84 Å². The quantitative estimate of drug-likeness (QED) is 0.229. The van der Waals surface area contributed by atoms with Gasteiger partial charge < -0.3 is 4.90 Å². The molecule has 4 rings (SSSR count).